The van der Waals surface area contributed by atoms with Crippen LogP contribution in [0.3, 0.4) is 0 Å². The summed E-state index contributed by atoms with van der Waals surface area (Å²) in [5, 5.41) is 0. The quantitative estimate of drug-likeness (QED) is 0.862. The summed E-state index contributed by atoms with van der Waals surface area (Å²) in [5.74, 6) is 1.93. The number of fused-ring (bicyclic) bond motifs is 1. The van der Waals surface area contributed by atoms with Crippen molar-refractivity contribution in [3.63, 3.8) is 0 Å². The van der Waals surface area contributed by atoms with Crippen molar-refractivity contribution in [1.29, 1.82) is 0 Å². The van der Waals surface area contributed by atoms with Crippen LogP contribution in [0.2, 0.25) is 0 Å². The third-order valence-corrected chi connectivity index (χ3v) is 4.96. The van der Waals surface area contributed by atoms with E-state index in [9.17, 15) is 0 Å². The minimum atomic E-state index is 0.498. The summed E-state index contributed by atoms with van der Waals surface area (Å²) in [5.41, 5.74) is 3.89. The van der Waals surface area contributed by atoms with Crippen LogP contribution in [-0.2, 0) is 19.4 Å². The predicted octanol–water partition coefficient (Wildman–Crippen LogP) is 2.98. The first kappa shape index (κ1) is 14.0. The molecule has 4 rings (SSSR count). The second-order valence-electron chi connectivity index (χ2n) is 6.73. The van der Waals surface area contributed by atoms with Gasteiger partial charge < -0.3 is 9.97 Å². The summed E-state index contributed by atoms with van der Waals surface area (Å²) in [6.07, 6.45) is 11.1. The van der Waals surface area contributed by atoms with E-state index in [-0.39, 0.29) is 0 Å². The summed E-state index contributed by atoms with van der Waals surface area (Å²) in [6, 6.07) is 0.498. The monoisotopic (exact) mass is 299 g/mol. The molecule has 1 aliphatic carbocycles. The molecule has 1 atom stereocenters. The minimum absolute atomic E-state index is 0.498. The van der Waals surface area contributed by atoms with Crippen LogP contribution in [0, 0.1) is 5.92 Å². The van der Waals surface area contributed by atoms with E-state index in [4.69, 9.17) is 0 Å². The van der Waals surface area contributed by atoms with E-state index in [1.165, 1.54) is 42.8 Å². The number of nitrogens with one attached hydrogen (secondary N) is 2. The largest absolute Gasteiger partial charge is 0.348 e. The Hall–Kier alpha value is -1.62. The zero-order valence-electron chi connectivity index (χ0n) is 13.3. The molecular formula is C17H25N5. The molecule has 2 aromatic rings. The van der Waals surface area contributed by atoms with Crippen molar-refractivity contribution in [2.45, 2.75) is 58.0 Å². The highest BCUT2D eigenvalue weighted by Gasteiger charge is 2.40. The van der Waals surface area contributed by atoms with Crippen molar-refractivity contribution >= 4 is 0 Å². The molecule has 1 fully saturated rings. The van der Waals surface area contributed by atoms with E-state index in [1.54, 1.807) is 0 Å². The number of hydrogen-bond donors (Lipinski definition) is 2. The lowest BCUT2D eigenvalue weighted by molar-refractivity contribution is 0.151. The number of aromatic nitrogens is 4. The predicted molar refractivity (Wildman–Crippen MR) is 85.4 cm³/mol. The normalized spacial score (nSPS) is 22.0. The van der Waals surface area contributed by atoms with Gasteiger partial charge in [-0.1, -0.05) is 13.3 Å². The molecule has 0 spiro atoms. The molecule has 2 N–H and O–H groups in total. The van der Waals surface area contributed by atoms with Gasteiger partial charge in [-0.2, -0.15) is 0 Å². The fourth-order valence-electron chi connectivity index (χ4n) is 3.64. The number of rotatable bonds is 6. The van der Waals surface area contributed by atoms with E-state index >= 15 is 0 Å². The van der Waals surface area contributed by atoms with Crippen LogP contribution in [0.5, 0.6) is 0 Å². The van der Waals surface area contributed by atoms with Crippen molar-refractivity contribution in [2.24, 2.45) is 5.92 Å². The molecule has 118 valence electrons. The van der Waals surface area contributed by atoms with Gasteiger partial charge in [0.2, 0.25) is 0 Å². The van der Waals surface area contributed by atoms with Crippen LogP contribution in [0.4, 0.5) is 0 Å². The highest BCUT2D eigenvalue weighted by Crippen LogP contribution is 2.46. The summed E-state index contributed by atoms with van der Waals surface area (Å²) in [7, 11) is 0. The number of H-pyrrole nitrogens is 2. The molecule has 0 bridgehead atoms. The first-order chi connectivity index (χ1) is 10.8. The van der Waals surface area contributed by atoms with E-state index in [1.807, 2.05) is 12.5 Å². The molecule has 2 aliphatic rings. The molecule has 0 aromatic carbocycles. The Morgan fingerprint density at radius 2 is 2.23 bits per heavy atom. The average Bonchev–Trinajstić information content (AvgIpc) is 3.08. The summed E-state index contributed by atoms with van der Waals surface area (Å²) in [4.78, 5) is 18.6. The van der Waals surface area contributed by atoms with E-state index in [0.717, 1.165) is 37.7 Å². The molecule has 0 amide bonds. The summed E-state index contributed by atoms with van der Waals surface area (Å²) < 4.78 is 0. The van der Waals surface area contributed by atoms with E-state index in [2.05, 4.69) is 31.8 Å². The SMILES string of the molecule is CCCCc1ncc(CN2CCc3[nH]cnc3[C@@H]2C2CC2)[nH]1. The summed E-state index contributed by atoms with van der Waals surface area (Å²) in [6.45, 7) is 4.30. The van der Waals surface area contributed by atoms with Gasteiger partial charge in [-0.3, -0.25) is 4.90 Å². The molecule has 0 saturated heterocycles. The van der Waals surface area contributed by atoms with Crippen LogP contribution in [-0.4, -0.2) is 31.4 Å². The van der Waals surface area contributed by atoms with Crippen LogP contribution >= 0.6 is 0 Å². The van der Waals surface area contributed by atoms with Gasteiger partial charge in [0, 0.05) is 43.5 Å². The lowest BCUT2D eigenvalue weighted by Crippen LogP contribution is -2.36. The molecule has 5 heteroatoms. The van der Waals surface area contributed by atoms with Crippen molar-refractivity contribution in [3.05, 3.63) is 35.4 Å². The Labute approximate surface area is 131 Å². The molecule has 22 heavy (non-hydrogen) atoms. The van der Waals surface area contributed by atoms with Crippen molar-refractivity contribution in [3.8, 4) is 0 Å². The minimum Gasteiger partial charge on any atom is -0.348 e. The van der Waals surface area contributed by atoms with E-state index in [0.29, 0.717) is 6.04 Å². The van der Waals surface area contributed by atoms with E-state index < -0.39 is 0 Å². The van der Waals surface area contributed by atoms with Crippen molar-refractivity contribution < 1.29 is 0 Å². The van der Waals surface area contributed by atoms with Crippen LogP contribution in [0.25, 0.3) is 0 Å². The topological polar surface area (TPSA) is 60.6 Å². The average molecular weight is 299 g/mol. The van der Waals surface area contributed by atoms with Crippen molar-refractivity contribution in [1.82, 2.24) is 24.8 Å². The molecular weight excluding hydrogens is 274 g/mol. The molecule has 0 unspecified atom stereocenters. The van der Waals surface area contributed by atoms with Gasteiger partial charge in [0.15, 0.2) is 0 Å². The van der Waals surface area contributed by atoms with Gasteiger partial charge >= 0.3 is 0 Å². The van der Waals surface area contributed by atoms with Gasteiger partial charge in [-0.05, 0) is 25.2 Å². The Morgan fingerprint density at radius 1 is 1.32 bits per heavy atom. The second-order valence-corrected chi connectivity index (χ2v) is 6.73. The van der Waals surface area contributed by atoms with Crippen LogP contribution in [0.1, 0.15) is 61.6 Å². The molecule has 1 saturated carbocycles. The standard InChI is InChI=1S/C17H25N5/c1-2-3-4-15-18-9-13(21-15)10-22-8-7-14-16(20-11-19-14)17(22)12-5-6-12/h9,11-12,17H,2-8,10H2,1H3,(H,18,21)(H,19,20)/t17-/m0/s1. The number of nitrogens with zero attached hydrogens (tertiary/aromatic N) is 3. The first-order valence-electron chi connectivity index (χ1n) is 8.64. The third kappa shape index (κ3) is 2.70. The Balaban J connectivity index is 1.49. The lowest BCUT2D eigenvalue weighted by Gasteiger charge is -2.34. The van der Waals surface area contributed by atoms with Gasteiger partial charge in [-0.25, -0.2) is 9.97 Å². The maximum absolute atomic E-state index is 4.61. The zero-order valence-corrected chi connectivity index (χ0v) is 13.3. The van der Waals surface area contributed by atoms with Crippen LogP contribution < -0.4 is 0 Å². The fourth-order valence-corrected chi connectivity index (χ4v) is 3.64. The highest BCUT2D eigenvalue weighted by molar-refractivity contribution is 5.22. The first-order valence-corrected chi connectivity index (χ1v) is 8.64. The molecule has 5 nitrogen and oxygen atoms in total. The molecule has 3 heterocycles. The van der Waals surface area contributed by atoms with Crippen LogP contribution in [0.15, 0.2) is 12.5 Å². The van der Waals surface area contributed by atoms with Gasteiger partial charge in [0.1, 0.15) is 5.82 Å². The number of unbranched alkanes of at least 4 members (excludes halogenated alkanes) is 1. The Kier molecular flexibility index (Phi) is 3.74. The maximum atomic E-state index is 4.61. The van der Waals surface area contributed by atoms with Gasteiger partial charge in [0.05, 0.1) is 18.1 Å². The maximum Gasteiger partial charge on any atom is 0.106 e. The zero-order chi connectivity index (χ0) is 14.9. The third-order valence-electron chi connectivity index (χ3n) is 4.96. The number of aromatic amines is 2. The number of hydrogen-bond acceptors (Lipinski definition) is 3. The summed E-state index contributed by atoms with van der Waals surface area (Å²) >= 11 is 0. The second kappa shape index (κ2) is 5.88. The Bertz CT molecular complexity index is 625. The smallest absolute Gasteiger partial charge is 0.106 e. The lowest BCUT2D eigenvalue weighted by atomic mass is 9.98. The van der Waals surface area contributed by atoms with Crippen molar-refractivity contribution in [2.75, 3.05) is 6.54 Å². The highest BCUT2D eigenvalue weighted by atomic mass is 15.2. The number of aryl methyl sites for hydroxylation is 1. The van der Waals surface area contributed by atoms with Gasteiger partial charge in [-0.15, -0.1) is 0 Å². The molecule has 0 radical (unpaired) electrons. The molecule has 1 aliphatic heterocycles. The molecule has 2 aromatic heterocycles. The Morgan fingerprint density at radius 3 is 3.05 bits per heavy atom. The number of imidazole rings is 2. The fraction of sp³-hybridized carbons (Fsp3) is 0.647. The van der Waals surface area contributed by atoms with Gasteiger partial charge in [0.25, 0.3) is 0 Å².